The van der Waals surface area contributed by atoms with Crippen LogP contribution in [0.2, 0.25) is 0 Å². The molecule has 0 aliphatic carbocycles. The van der Waals surface area contributed by atoms with Crippen molar-refractivity contribution in [2.45, 2.75) is 26.1 Å². The molecule has 0 radical (unpaired) electrons. The second-order valence-corrected chi connectivity index (χ2v) is 5.37. The molecule has 0 aliphatic heterocycles. The van der Waals surface area contributed by atoms with Crippen molar-refractivity contribution < 1.29 is 27.5 Å². The topological polar surface area (TPSA) is 55.4 Å². The van der Waals surface area contributed by atoms with Gasteiger partial charge in [-0.3, -0.25) is 9.59 Å². The molecule has 1 amide bonds. The number of anilines is 1. The highest BCUT2D eigenvalue weighted by molar-refractivity contribution is 6.04. The van der Waals surface area contributed by atoms with Gasteiger partial charge in [-0.05, 0) is 50.2 Å². The second kappa shape index (κ2) is 7.38. The Morgan fingerprint density at radius 1 is 1.04 bits per heavy atom. The largest absolute Gasteiger partial charge is 0.481 e. The van der Waals surface area contributed by atoms with Gasteiger partial charge in [0.25, 0.3) is 5.91 Å². The number of ketones is 1. The fourth-order valence-corrected chi connectivity index (χ4v) is 2.11. The first-order valence-electron chi connectivity index (χ1n) is 7.43. The van der Waals surface area contributed by atoms with Crippen LogP contribution in [0.4, 0.5) is 18.9 Å². The molecule has 2 aromatic carbocycles. The molecule has 0 bridgehead atoms. The van der Waals surface area contributed by atoms with Crippen LogP contribution in [0.15, 0.2) is 48.5 Å². The molecule has 0 saturated carbocycles. The molecule has 2 rings (SSSR count). The number of nitrogens with one attached hydrogen (secondary N) is 1. The Morgan fingerprint density at radius 3 is 2.20 bits per heavy atom. The zero-order chi connectivity index (χ0) is 18.6. The van der Waals surface area contributed by atoms with Gasteiger partial charge >= 0.3 is 6.18 Å². The van der Waals surface area contributed by atoms with Gasteiger partial charge in [-0.15, -0.1) is 0 Å². The fraction of sp³-hybridized carbons (Fsp3) is 0.222. The summed E-state index contributed by atoms with van der Waals surface area (Å²) in [7, 11) is 0. The van der Waals surface area contributed by atoms with Crippen molar-refractivity contribution in [3.05, 3.63) is 59.7 Å². The number of rotatable bonds is 5. The molecule has 132 valence electrons. The van der Waals surface area contributed by atoms with E-state index in [4.69, 9.17) is 4.74 Å². The predicted octanol–water partition coefficient (Wildman–Crippen LogP) is 4.31. The van der Waals surface area contributed by atoms with E-state index in [1.165, 1.54) is 13.8 Å². The maximum absolute atomic E-state index is 12.5. The molecule has 4 nitrogen and oxygen atoms in total. The molecule has 0 spiro atoms. The van der Waals surface area contributed by atoms with Gasteiger partial charge in [0, 0.05) is 5.56 Å². The first kappa shape index (κ1) is 18.5. The number of ether oxygens (including phenoxy) is 1. The predicted molar refractivity (Wildman–Crippen MR) is 86.6 cm³/mol. The van der Waals surface area contributed by atoms with Crippen LogP contribution in [0, 0.1) is 0 Å². The molecule has 0 saturated heterocycles. The van der Waals surface area contributed by atoms with Crippen molar-refractivity contribution in [3.8, 4) is 5.75 Å². The average molecular weight is 351 g/mol. The number of hydrogen-bond donors (Lipinski definition) is 1. The molecule has 25 heavy (non-hydrogen) atoms. The van der Waals surface area contributed by atoms with Crippen molar-refractivity contribution in [2.24, 2.45) is 0 Å². The lowest BCUT2D eigenvalue weighted by Crippen LogP contribution is -2.30. The van der Waals surface area contributed by atoms with Crippen molar-refractivity contribution in [3.63, 3.8) is 0 Å². The van der Waals surface area contributed by atoms with Crippen LogP contribution < -0.4 is 10.1 Å². The fourth-order valence-electron chi connectivity index (χ4n) is 2.11. The molecule has 0 heterocycles. The normalized spacial score (nSPS) is 12.4. The van der Waals surface area contributed by atoms with Crippen LogP contribution in [0.5, 0.6) is 5.75 Å². The van der Waals surface area contributed by atoms with Crippen LogP contribution in [0.3, 0.4) is 0 Å². The first-order valence-corrected chi connectivity index (χ1v) is 7.43. The average Bonchev–Trinajstić information content (AvgIpc) is 2.54. The summed E-state index contributed by atoms with van der Waals surface area (Å²) >= 11 is 0. The van der Waals surface area contributed by atoms with Gasteiger partial charge in [-0.1, -0.05) is 12.1 Å². The van der Waals surface area contributed by atoms with E-state index in [-0.39, 0.29) is 11.5 Å². The van der Waals surface area contributed by atoms with Crippen LogP contribution >= 0.6 is 0 Å². The van der Waals surface area contributed by atoms with Crippen LogP contribution in [-0.2, 0) is 11.0 Å². The van der Waals surface area contributed by atoms with Crippen LogP contribution in [-0.4, -0.2) is 17.8 Å². The van der Waals surface area contributed by atoms with Crippen molar-refractivity contribution in [1.82, 2.24) is 0 Å². The number of carbonyl (C=O) groups excluding carboxylic acids is 2. The zero-order valence-corrected chi connectivity index (χ0v) is 13.6. The van der Waals surface area contributed by atoms with E-state index in [9.17, 15) is 22.8 Å². The lowest BCUT2D eigenvalue weighted by atomic mass is 10.1. The van der Waals surface area contributed by atoms with Gasteiger partial charge in [-0.25, -0.2) is 0 Å². The molecule has 2 aromatic rings. The van der Waals surface area contributed by atoms with Gasteiger partial charge in [-0.2, -0.15) is 13.2 Å². The van der Waals surface area contributed by atoms with E-state index in [0.717, 1.165) is 24.3 Å². The summed E-state index contributed by atoms with van der Waals surface area (Å²) in [6.45, 7) is 2.84. The number of carbonyl (C=O) groups is 2. The molecule has 1 atom stereocenters. The van der Waals surface area contributed by atoms with Gasteiger partial charge in [0.1, 0.15) is 5.75 Å². The van der Waals surface area contributed by atoms with E-state index in [2.05, 4.69) is 5.32 Å². The number of hydrogen-bond acceptors (Lipinski definition) is 3. The smallest absolute Gasteiger partial charge is 0.416 e. The molecular formula is C18H16F3NO3. The summed E-state index contributed by atoms with van der Waals surface area (Å²) in [6, 6.07) is 10.6. The monoisotopic (exact) mass is 351 g/mol. The maximum atomic E-state index is 12.5. The number of amides is 1. The van der Waals surface area contributed by atoms with Crippen molar-refractivity contribution in [2.75, 3.05) is 5.32 Å². The van der Waals surface area contributed by atoms with Crippen molar-refractivity contribution >= 4 is 17.4 Å². The number of benzene rings is 2. The van der Waals surface area contributed by atoms with E-state index in [1.807, 2.05) is 0 Å². The number of Topliss-reactive ketones (excluding diaryl/α,β-unsaturated/α-hetero) is 1. The van der Waals surface area contributed by atoms with Crippen molar-refractivity contribution in [1.29, 1.82) is 0 Å². The van der Waals surface area contributed by atoms with Gasteiger partial charge in [0.15, 0.2) is 11.9 Å². The third-order valence-electron chi connectivity index (χ3n) is 3.43. The zero-order valence-electron chi connectivity index (χ0n) is 13.6. The lowest BCUT2D eigenvalue weighted by molar-refractivity contribution is -0.137. The molecule has 1 N–H and O–H groups in total. The molecule has 0 fully saturated rings. The summed E-state index contributed by atoms with van der Waals surface area (Å²) in [5.41, 5.74) is -0.0900. The minimum Gasteiger partial charge on any atom is -0.481 e. The molecule has 0 unspecified atom stereocenters. The Bertz CT molecular complexity index is 770. The maximum Gasteiger partial charge on any atom is 0.416 e. The summed E-state index contributed by atoms with van der Waals surface area (Å²) in [5.74, 6) is -0.587. The minimum absolute atomic E-state index is 0.135. The number of halogens is 3. The Labute approximate surface area is 142 Å². The molecular weight excluding hydrogens is 335 g/mol. The summed E-state index contributed by atoms with van der Waals surface area (Å²) < 4.78 is 42.9. The Kier molecular flexibility index (Phi) is 5.46. The van der Waals surface area contributed by atoms with Crippen LogP contribution in [0.1, 0.15) is 29.8 Å². The summed E-state index contributed by atoms with van der Waals surface area (Å²) in [5, 5.41) is 2.58. The standard InChI is InChI=1S/C18H16F3NO3/c1-11(23)15-5-3-4-6-16(15)22-17(24)12(2)25-14-9-7-13(8-10-14)18(19,20)21/h3-10,12H,1-2H3,(H,22,24)/t12-/m0/s1. The Morgan fingerprint density at radius 2 is 1.64 bits per heavy atom. The van der Waals surface area contributed by atoms with Gasteiger partial charge < -0.3 is 10.1 Å². The van der Waals surface area contributed by atoms with E-state index >= 15 is 0 Å². The number of para-hydroxylation sites is 1. The summed E-state index contributed by atoms with van der Waals surface area (Å²) in [6.07, 6.45) is -5.39. The van der Waals surface area contributed by atoms with Gasteiger partial charge in [0.05, 0.1) is 11.3 Å². The quantitative estimate of drug-likeness (QED) is 0.817. The highest BCUT2D eigenvalue weighted by atomic mass is 19.4. The van der Waals surface area contributed by atoms with E-state index in [1.54, 1.807) is 24.3 Å². The molecule has 7 heteroatoms. The highest BCUT2D eigenvalue weighted by Gasteiger charge is 2.30. The third kappa shape index (κ3) is 4.82. The lowest BCUT2D eigenvalue weighted by Gasteiger charge is -2.16. The molecule has 0 aromatic heterocycles. The van der Waals surface area contributed by atoms with Crippen LogP contribution in [0.25, 0.3) is 0 Å². The second-order valence-electron chi connectivity index (χ2n) is 5.37. The minimum atomic E-state index is -4.43. The summed E-state index contributed by atoms with van der Waals surface area (Å²) in [4.78, 5) is 23.7. The van der Waals surface area contributed by atoms with E-state index < -0.39 is 23.8 Å². The number of alkyl halides is 3. The Balaban J connectivity index is 2.05. The third-order valence-corrected chi connectivity index (χ3v) is 3.43. The van der Waals surface area contributed by atoms with Gasteiger partial charge in [0.2, 0.25) is 0 Å². The molecule has 0 aliphatic rings. The van der Waals surface area contributed by atoms with E-state index in [0.29, 0.717) is 11.3 Å². The SMILES string of the molecule is CC(=O)c1ccccc1NC(=O)[C@H](C)Oc1ccc(C(F)(F)F)cc1. The first-order chi connectivity index (χ1) is 11.7. The highest BCUT2D eigenvalue weighted by Crippen LogP contribution is 2.30. The Hall–Kier alpha value is -2.83.